The van der Waals surface area contributed by atoms with Gasteiger partial charge < -0.3 is 4.90 Å². The molecule has 0 bridgehead atoms. The van der Waals surface area contributed by atoms with E-state index in [-0.39, 0.29) is 31.7 Å². The molecule has 0 spiro atoms. The number of carbonyl (C=O) groups is 1. The maximum absolute atomic E-state index is 12.6. The molecule has 1 aliphatic rings. The molecule has 2 aromatic rings. The van der Waals surface area contributed by atoms with Gasteiger partial charge in [0, 0.05) is 37.2 Å². The zero-order chi connectivity index (χ0) is 21.1. The standard InChI is InChI=1S/C20H19F3N2O3S/c21-20(22,23)18-8-6-17(7-9-18)19(26)24-11-13-25(14-12-24)29(27,28)15-10-16-4-2-1-3-5-16/h1-10,15H,11-14H2/b15-10+. The summed E-state index contributed by atoms with van der Waals surface area (Å²) in [6, 6.07) is 13.0. The summed E-state index contributed by atoms with van der Waals surface area (Å²) in [4.78, 5) is 13.9. The summed E-state index contributed by atoms with van der Waals surface area (Å²) in [5, 5.41) is 1.13. The summed E-state index contributed by atoms with van der Waals surface area (Å²) in [5.41, 5.74) is 0.0700. The van der Waals surface area contributed by atoms with Crippen LogP contribution in [0.3, 0.4) is 0 Å². The molecule has 1 fully saturated rings. The Bertz CT molecular complexity index is 980. The van der Waals surface area contributed by atoms with Crippen molar-refractivity contribution < 1.29 is 26.4 Å². The van der Waals surface area contributed by atoms with E-state index in [1.807, 2.05) is 6.07 Å². The second-order valence-corrected chi connectivity index (χ2v) is 8.34. The van der Waals surface area contributed by atoms with Crippen LogP contribution < -0.4 is 0 Å². The van der Waals surface area contributed by atoms with Gasteiger partial charge in [0.05, 0.1) is 5.56 Å². The lowest BCUT2D eigenvalue weighted by atomic mass is 10.1. The van der Waals surface area contributed by atoms with Crippen molar-refractivity contribution in [2.75, 3.05) is 26.2 Å². The molecular formula is C20H19F3N2O3S. The molecule has 154 valence electrons. The summed E-state index contributed by atoms with van der Waals surface area (Å²) in [6.45, 7) is 0.568. The van der Waals surface area contributed by atoms with Crippen LogP contribution in [0, 0.1) is 0 Å². The molecule has 5 nitrogen and oxygen atoms in total. The van der Waals surface area contributed by atoms with E-state index in [4.69, 9.17) is 0 Å². The number of nitrogens with zero attached hydrogens (tertiary/aromatic N) is 2. The van der Waals surface area contributed by atoms with Crippen molar-refractivity contribution >= 4 is 22.0 Å². The molecule has 0 N–H and O–H groups in total. The lowest BCUT2D eigenvalue weighted by molar-refractivity contribution is -0.137. The van der Waals surface area contributed by atoms with Gasteiger partial charge in [-0.1, -0.05) is 30.3 Å². The van der Waals surface area contributed by atoms with Gasteiger partial charge in [-0.2, -0.15) is 17.5 Å². The number of piperazine rings is 1. The molecule has 0 saturated carbocycles. The van der Waals surface area contributed by atoms with Gasteiger partial charge >= 0.3 is 6.18 Å². The Hall–Kier alpha value is -2.65. The quantitative estimate of drug-likeness (QED) is 0.755. The molecule has 0 aromatic heterocycles. The first-order valence-corrected chi connectivity index (χ1v) is 10.4. The molecule has 3 rings (SSSR count). The fourth-order valence-corrected chi connectivity index (χ4v) is 4.12. The van der Waals surface area contributed by atoms with Crippen molar-refractivity contribution in [2.24, 2.45) is 0 Å². The predicted molar refractivity (Wildman–Crippen MR) is 103 cm³/mol. The van der Waals surface area contributed by atoms with Crippen molar-refractivity contribution in [3.05, 3.63) is 76.7 Å². The Kier molecular flexibility index (Phi) is 6.09. The molecule has 0 aliphatic carbocycles. The van der Waals surface area contributed by atoms with Gasteiger partial charge in [-0.3, -0.25) is 4.79 Å². The molecule has 0 radical (unpaired) electrons. The van der Waals surface area contributed by atoms with Crippen molar-refractivity contribution in [1.29, 1.82) is 0 Å². The van der Waals surface area contributed by atoms with E-state index in [2.05, 4.69) is 0 Å². The first-order chi connectivity index (χ1) is 13.7. The number of benzene rings is 2. The maximum atomic E-state index is 12.6. The zero-order valence-electron chi connectivity index (χ0n) is 15.3. The minimum atomic E-state index is -4.46. The van der Waals surface area contributed by atoms with Crippen molar-refractivity contribution in [3.8, 4) is 0 Å². The highest BCUT2D eigenvalue weighted by atomic mass is 32.2. The number of hydrogen-bond acceptors (Lipinski definition) is 3. The second-order valence-electron chi connectivity index (χ2n) is 6.52. The largest absolute Gasteiger partial charge is 0.416 e. The van der Waals surface area contributed by atoms with Gasteiger partial charge in [0.25, 0.3) is 5.91 Å². The molecular weight excluding hydrogens is 405 g/mol. The van der Waals surface area contributed by atoms with Crippen LogP contribution in [0.4, 0.5) is 13.2 Å². The van der Waals surface area contributed by atoms with Gasteiger partial charge in [-0.25, -0.2) is 8.42 Å². The Morgan fingerprint density at radius 2 is 1.48 bits per heavy atom. The number of alkyl halides is 3. The van der Waals surface area contributed by atoms with E-state index < -0.39 is 27.7 Å². The van der Waals surface area contributed by atoms with Crippen molar-refractivity contribution in [3.63, 3.8) is 0 Å². The number of rotatable bonds is 4. The van der Waals surface area contributed by atoms with Gasteiger partial charge in [-0.05, 0) is 35.9 Å². The molecule has 1 aliphatic heterocycles. The van der Waals surface area contributed by atoms with E-state index in [9.17, 15) is 26.4 Å². The maximum Gasteiger partial charge on any atom is 0.416 e. The van der Waals surface area contributed by atoms with Crippen LogP contribution in [0.15, 0.2) is 60.0 Å². The van der Waals surface area contributed by atoms with Crippen LogP contribution in [-0.2, 0) is 16.2 Å². The summed E-state index contributed by atoms with van der Waals surface area (Å²) in [5.74, 6) is -0.421. The molecule has 0 unspecified atom stereocenters. The smallest absolute Gasteiger partial charge is 0.336 e. The molecule has 1 saturated heterocycles. The van der Waals surface area contributed by atoms with Crippen LogP contribution in [0.2, 0.25) is 0 Å². The van der Waals surface area contributed by atoms with Gasteiger partial charge in [0.15, 0.2) is 0 Å². The van der Waals surface area contributed by atoms with Crippen LogP contribution in [-0.4, -0.2) is 49.7 Å². The summed E-state index contributed by atoms with van der Waals surface area (Å²) in [6.07, 6.45) is -2.95. The minimum Gasteiger partial charge on any atom is -0.336 e. The number of halogens is 3. The monoisotopic (exact) mass is 424 g/mol. The Labute approximate surface area is 167 Å². The highest BCUT2D eigenvalue weighted by Gasteiger charge is 2.31. The third kappa shape index (κ3) is 5.24. The van der Waals surface area contributed by atoms with Crippen molar-refractivity contribution in [2.45, 2.75) is 6.18 Å². The van der Waals surface area contributed by atoms with Crippen LogP contribution in [0.25, 0.3) is 6.08 Å². The molecule has 1 amide bonds. The summed E-state index contributed by atoms with van der Waals surface area (Å²) >= 11 is 0. The van der Waals surface area contributed by atoms with Crippen LogP contribution >= 0.6 is 0 Å². The molecule has 2 aromatic carbocycles. The van der Waals surface area contributed by atoms with Gasteiger partial charge in [0.1, 0.15) is 0 Å². The SMILES string of the molecule is O=C(c1ccc(C(F)(F)F)cc1)N1CCN(S(=O)(=O)/C=C/c2ccccc2)CC1. The zero-order valence-corrected chi connectivity index (χ0v) is 16.2. The lowest BCUT2D eigenvalue weighted by Gasteiger charge is -2.33. The average Bonchev–Trinajstić information content (AvgIpc) is 2.72. The van der Waals surface area contributed by atoms with E-state index in [0.29, 0.717) is 0 Å². The molecule has 1 heterocycles. The summed E-state index contributed by atoms with van der Waals surface area (Å²) < 4.78 is 64.1. The second kappa shape index (κ2) is 8.38. The number of carbonyl (C=O) groups excluding carboxylic acids is 1. The van der Waals surface area contributed by atoms with Gasteiger partial charge in [-0.15, -0.1) is 0 Å². The Morgan fingerprint density at radius 1 is 0.897 bits per heavy atom. The fourth-order valence-electron chi connectivity index (χ4n) is 2.94. The van der Waals surface area contributed by atoms with E-state index in [1.54, 1.807) is 24.3 Å². The normalized spacial score (nSPS) is 16.3. The fraction of sp³-hybridized carbons (Fsp3) is 0.250. The van der Waals surface area contributed by atoms with E-state index in [1.165, 1.54) is 15.3 Å². The number of sulfonamides is 1. The molecule has 29 heavy (non-hydrogen) atoms. The Balaban J connectivity index is 1.61. The first kappa shape index (κ1) is 21.1. The number of hydrogen-bond donors (Lipinski definition) is 0. The summed E-state index contributed by atoms with van der Waals surface area (Å²) in [7, 11) is -3.63. The third-order valence-corrected chi connectivity index (χ3v) is 6.14. The molecule has 9 heteroatoms. The minimum absolute atomic E-state index is 0.119. The third-order valence-electron chi connectivity index (χ3n) is 4.58. The first-order valence-electron chi connectivity index (χ1n) is 8.87. The number of amides is 1. The highest BCUT2D eigenvalue weighted by molar-refractivity contribution is 7.92. The average molecular weight is 424 g/mol. The van der Waals surface area contributed by atoms with E-state index >= 15 is 0 Å². The molecule has 0 atom stereocenters. The topological polar surface area (TPSA) is 57.7 Å². The van der Waals surface area contributed by atoms with Crippen LogP contribution in [0.5, 0.6) is 0 Å². The predicted octanol–water partition coefficient (Wildman–Crippen LogP) is 3.46. The lowest BCUT2D eigenvalue weighted by Crippen LogP contribution is -2.50. The van der Waals surface area contributed by atoms with Crippen molar-refractivity contribution in [1.82, 2.24) is 9.21 Å². The van der Waals surface area contributed by atoms with Crippen LogP contribution in [0.1, 0.15) is 21.5 Å². The Morgan fingerprint density at radius 3 is 2.03 bits per heavy atom. The van der Waals surface area contributed by atoms with E-state index in [0.717, 1.165) is 35.2 Å². The highest BCUT2D eigenvalue weighted by Crippen LogP contribution is 2.29. The van der Waals surface area contributed by atoms with Gasteiger partial charge in [0.2, 0.25) is 10.0 Å².